The minimum Gasteiger partial charge on any atom is -0.497 e. The number of anilines is 1. The fourth-order valence-corrected chi connectivity index (χ4v) is 5.57. The van der Waals surface area contributed by atoms with Gasteiger partial charge in [-0.2, -0.15) is 0 Å². The lowest BCUT2D eigenvalue weighted by Crippen LogP contribution is -2.50. The van der Waals surface area contributed by atoms with Crippen LogP contribution in [0.4, 0.5) is 5.69 Å². The van der Waals surface area contributed by atoms with Gasteiger partial charge in [0.2, 0.25) is 11.8 Å². The highest BCUT2D eigenvalue weighted by Crippen LogP contribution is 2.35. The Morgan fingerprint density at radius 1 is 1.00 bits per heavy atom. The normalized spacial score (nSPS) is 11.9. The molecule has 1 atom stereocenters. The van der Waals surface area contributed by atoms with Crippen molar-refractivity contribution in [2.24, 2.45) is 0 Å². The Morgan fingerprint density at radius 3 is 2.32 bits per heavy atom. The molecule has 11 heteroatoms. The quantitative estimate of drug-likeness (QED) is 0.395. The van der Waals surface area contributed by atoms with Gasteiger partial charge in [-0.3, -0.25) is 13.9 Å². The number of methoxy groups -OCH3 is 1. The number of rotatable bonds is 10. The van der Waals surface area contributed by atoms with Crippen LogP contribution in [0.5, 0.6) is 5.75 Å². The topological polar surface area (TPSA) is 96.0 Å². The maximum atomic E-state index is 13.8. The zero-order chi connectivity index (χ0) is 27.2. The second-order valence-corrected chi connectivity index (χ2v) is 10.7. The van der Waals surface area contributed by atoms with Gasteiger partial charge < -0.3 is 15.0 Å². The summed E-state index contributed by atoms with van der Waals surface area (Å²) in [6.07, 6.45) is 0. The number of amides is 2. The number of hydrogen-bond donors (Lipinski definition) is 1. The van der Waals surface area contributed by atoms with Crippen LogP contribution in [0, 0.1) is 0 Å². The van der Waals surface area contributed by atoms with Gasteiger partial charge in [-0.05, 0) is 48.9 Å². The monoisotopic (exact) mass is 563 g/mol. The van der Waals surface area contributed by atoms with Crippen LogP contribution in [0.3, 0.4) is 0 Å². The molecule has 0 fully saturated rings. The number of likely N-dealkylation sites (N-methyl/N-ethyl adjacent to an activating group) is 1. The Balaban J connectivity index is 2.07. The Kier molecular flexibility index (Phi) is 9.42. The number of nitrogens with zero attached hydrogens (tertiary/aromatic N) is 2. The first-order valence-corrected chi connectivity index (χ1v) is 13.5. The minimum atomic E-state index is -4.23. The Labute approximate surface area is 226 Å². The molecule has 8 nitrogen and oxygen atoms in total. The average molecular weight is 564 g/mol. The van der Waals surface area contributed by atoms with E-state index in [4.69, 9.17) is 27.9 Å². The van der Waals surface area contributed by atoms with E-state index in [2.05, 4.69) is 5.32 Å². The van der Waals surface area contributed by atoms with Crippen LogP contribution in [0.15, 0.2) is 77.7 Å². The van der Waals surface area contributed by atoms with E-state index in [1.54, 1.807) is 55.5 Å². The molecule has 196 valence electrons. The van der Waals surface area contributed by atoms with Crippen LogP contribution < -0.4 is 14.4 Å². The number of carbonyl (C=O) groups excluding carboxylic acids is 2. The molecule has 0 saturated heterocycles. The fourth-order valence-electron chi connectivity index (χ4n) is 3.68. The van der Waals surface area contributed by atoms with Crippen molar-refractivity contribution in [2.75, 3.05) is 25.0 Å². The molecule has 0 radical (unpaired) electrons. The molecule has 0 saturated carbocycles. The van der Waals surface area contributed by atoms with Crippen molar-refractivity contribution in [1.29, 1.82) is 0 Å². The van der Waals surface area contributed by atoms with E-state index in [0.717, 1.165) is 4.31 Å². The summed E-state index contributed by atoms with van der Waals surface area (Å²) in [7, 11) is -1.25. The number of halogens is 2. The lowest BCUT2D eigenvalue weighted by molar-refractivity contribution is -0.139. The molecule has 0 bridgehead atoms. The summed E-state index contributed by atoms with van der Waals surface area (Å²) in [6.45, 7) is 0.981. The molecule has 37 heavy (non-hydrogen) atoms. The molecule has 0 spiro atoms. The summed E-state index contributed by atoms with van der Waals surface area (Å²) in [5.41, 5.74) is 0.738. The van der Waals surface area contributed by atoms with Gasteiger partial charge in [-0.1, -0.05) is 59.6 Å². The summed E-state index contributed by atoms with van der Waals surface area (Å²) in [4.78, 5) is 27.6. The average Bonchev–Trinajstić information content (AvgIpc) is 2.91. The maximum Gasteiger partial charge on any atom is 0.264 e. The van der Waals surface area contributed by atoms with Crippen molar-refractivity contribution >= 4 is 50.7 Å². The maximum absolute atomic E-state index is 13.8. The standard InChI is InChI=1S/C26H27Cl2N3O5S/c1-18(26(33)29-2)30(16-19-9-7-10-20(15-19)36-3)24(32)17-31(23-14-8-13-22(27)25(23)28)37(34,35)21-11-5-4-6-12-21/h4-15,18H,16-17H2,1-3H3,(H,29,33)/t18-/m0/s1. The minimum absolute atomic E-state index is 0.0184. The van der Waals surface area contributed by atoms with Gasteiger partial charge in [-0.15, -0.1) is 0 Å². The van der Waals surface area contributed by atoms with Crippen LogP contribution in [-0.4, -0.2) is 51.9 Å². The van der Waals surface area contributed by atoms with Gasteiger partial charge in [0.25, 0.3) is 10.0 Å². The molecule has 0 aromatic heterocycles. The van der Waals surface area contributed by atoms with Crippen molar-refractivity contribution in [3.63, 3.8) is 0 Å². The Hall–Kier alpha value is -3.27. The highest BCUT2D eigenvalue weighted by molar-refractivity contribution is 7.92. The SMILES string of the molecule is CNC(=O)[C@H](C)N(Cc1cccc(OC)c1)C(=O)CN(c1cccc(Cl)c1Cl)S(=O)(=O)c1ccccc1. The molecule has 3 aromatic rings. The number of carbonyl (C=O) groups is 2. The third-order valence-electron chi connectivity index (χ3n) is 5.71. The first-order valence-electron chi connectivity index (χ1n) is 11.3. The molecular weight excluding hydrogens is 537 g/mol. The van der Waals surface area contributed by atoms with Gasteiger partial charge in [-0.25, -0.2) is 8.42 Å². The highest BCUT2D eigenvalue weighted by atomic mass is 35.5. The predicted octanol–water partition coefficient (Wildman–Crippen LogP) is 4.36. The van der Waals surface area contributed by atoms with E-state index in [1.807, 2.05) is 0 Å². The van der Waals surface area contributed by atoms with Gasteiger partial charge >= 0.3 is 0 Å². The van der Waals surface area contributed by atoms with E-state index in [-0.39, 0.29) is 27.2 Å². The van der Waals surface area contributed by atoms with E-state index in [0.29, 0.717) is 11.3 Å². The third-order valence-corrected chi connectivity index (χ3v) is 8.29. The second kappa shape index (κ2) is 12.3. The molecule has 0 aliphatic heterocycles. The molecule has 0 heterocycles. The summed E-state index contributed by atoms with van der Waals surface area (Å²) in [5.74, 6) is -0.444. The van der Waals surface area contributed by atoms with E-state index in [9.17, 15) is 18.0 Å². The van der Waals surface area contributed by atoms with E-state index < -0.39 is 34.4 Å². The summed E-state index contributed by atoms with van der Waals surface area (Å²) in [6, 6.07) is 18.4. The molecule has 0 aliphatic carbocycles. The number of sulfonamides is 1. The molecule has 0 aliphatic rings. The van der Waals surface area contributed by atoms with Crippen molar-refractivity contribution in [3.05, 3.63) is 88.4 Å². The smallest absolute Gasteiger partial charge is 0.264 e. The van der Waals surface area contributed by atoms with Crippen molar-refractivity contribution < 1.29 is 22.7 Å². The van der Waals surface area contributed by atoms with Gasteiger partial charge in [0, 0.05) is 13.6 Å². The number of ether oxygens (including phenoxy) is 1. The van der Waals surface area contributed by atoms with Crippen LogP contribution in [-0.2, 0) is 26.2 Å². The molecule has 3 aromatic carbocycles. The van der Waals surface area contributed by atoms with Crippen molar-refractivity contribution in [1.82, 2.24) is 10.2 Å². The number of nitrogens with one attached hydrogen (secondary N) is 1. The third kappa shape index (κ3) is 6.54. The summed E-state index contributed by atoms with van der Waals surface area (Å²) in [5, 5.41) is 2.65. The van der Waals surface area contributed by atoms with Crippen LogP contribution in [0.2, 0.25) is 10.0 Å². The Bertz CT molecular complexity index is 1370. The molecule has 3 rings (SSSR count). The largest absolute Gasteiger partial charge is 0.497 e. The lowest BCUT2D eigenvalue weighted by Gasteiger charge is -2.32. The zero-order valence-electron chi connectivity index (χ0n) is 20.5. The first-order chi connectivity index (χ1) is 17.6. The predicted molar refractivity (Wildman–Crippen MR) is 145 cm³/mol. The Morgan fingerprint density at radius 2 is 1.68 bits per heavy atom. The van der Waals surface area contributed by atoms with E-state index in [1.165, 1.54) is 43.3 Å². The fraction of sp³-hybridized carbons (Fsp3) is 0.231. The van der Waals surface area contributed by atoms with Crippen LogP contribution in [0.25, 0.3) is 0 Å². The highest BCUT2D eigenvalue weighted by Gasteiger charge is 2.33. The van der Waals surface area contributed by atoms with Gasteiger partial charge in [0.15, 0.2) is 0 Å². The first kappa shape index (κ1) is 28.3. The van der Waals surface area contributed by atoms with Crippen molar-refractivity contribution in [3.8, 4) is 5.75 Å². The second-order valence-electron chi connectivity index (χ2n) is 8.06. The van der Waals surface area contributed by atoms with Crippen LogP contribution >= 0.6 is 23.2 Å². The van der Waals surface area contributed by atoms with Crippen molar-refractivity contribution in [2.45, 2.75) is 24.4 Å². The number of benzene rings is 3. The molecular formula is C26H27Cl2N3O5S. The zero-order valence-corrected chi connectivity index (χ0v) is 22.8. The van der Waals surface area contributed by atoms with Gasteiger partial charge in [0.05, 0.1) is 27.7 Å². The molecule has 0 unspecified atom stereocenters. The summed E-state index contributed by atoms with van der Waals surface area (Å²) < 4.78 is 33.6. The summed E-state index contributed by atoms with van der Waals surface area (Å²) >= 11 is 12.6. The van der Waals surface area contributed by atoms with Crippen LogP contribution in [0.1, 0.15) is 12.5 Å². The number of hydrogen-bond acceptors (Lipinski definition) is 5. The van der Waals surface area contributed by atoms with Gasteiger partial charge in [0.1, 0.15) is 18.3 Å². The van der Waals surface area contributed by atoms with E-state index >= 15 is 0 Å². The molecule has 1 N–H and O–H groups in total. The lowest BCUT2D eigenvalue weighted by atomic mass is 10.1. The molecule has 2 amide bonds.